The van der Waals surface area contributed by atoms with Gasteiger partial charge in [-0.15, -0.1) is 0 Å². The lowest BCUT2D eigenvalue weighted by Gasteiger charge is -2.19. The molecule has 1 rings (SSSR count). The van der Waals surface area contributed by atoms with Crippen molar-refractivity contribution in [3.8, 4) is 0 Å². The van der Waals surface area contributed by atoms with Gasteiger partial charge in [0.05, 0.1) is 5.56 Å². The zero-order chi connectivity index (χ0) is 17.7. The summed E-state index contributed by atoms with van der Waals surface area (Å²) in [5.41, 5.74) is -0.919. The van der Waals surface area contributed by atoms with Crippen LogP contribution in [-0.2, 0) is 10.9 Å². The summed E-state index contributed by atoms with van der Waals surface area (Å²) >= 11 is 3.06. The van der Waals surface area contributed by atoms with Crippen LogP contribution in [0.2, 0.25) is 0 Å². The number of hydrogen-bond acceptors (Lipinski definition) is 3. The third-order valence-corrected chi connectivity index (χ3v) is 3.03. The fourth-order valence-electron chi connectivity index (χ4n) is 1.68. The molecule has 1 aromatic carbocycles. The molecule has 0 heterocycles. The zero-order valence-electron chi connectivity index (χ0n) is 13.2. The Morgan fingerprint density at radius 1 is 1.17 bits per heavy atom. The third kappa shape index (κ3) is 8.11. The van der Waals surface area contributed by atoms with Crippen LogP contribution in [0.4, 0.5) is 23.7 Å². The maximum absolute atomic E-state index is 12.7. The molecule has 1 amide bonds. The predicted molar refractivity (Wildman–Crippen MR) is 86.5 cm³/mol. The molecule has 0 saturated carbocycles. The second-order valence-electron chi connectivity index (χ2n) is 5.94. The highest BCUT2D eigenvalue weighted by Gasteiger charge is 2.31. The van der Waals surface area contributed by atoms with Crippen LogP contribution < -0.4 is 10.6 Å². The lowest BCUT2D eigenvalue weighted by molar-refractivity contribution is -0.137. The minimum absolute atomic E-state index is 0.349. The number of carbonyl (C=O) groups excluding carboxylic acids is 1. The van der Waals surface area contributed by atoms with Gasteiger partial charge in [-0.05, 0) is 45.4 Å². The highest BCUT2D eigenvalue weighted by molar-refractivity contribution is 9.10. The van der Waals surface area contributed by atoms with E-state index in [-0.39, 0.29) is 0 Å². The normalized spacial score (nSPS) is 12.0. The summed E-state index contributed by atoms with van der Waals surface area (Å²) < 4.78 is 43.5. The highest BCUT2D eigenvalue weighted by atomic mass is 79.9. The quantitative estimate of drug-likeness (QED) is 0.703. The minimum atomic E-state index is -4.39. The number of anilines is 1. The molecule has 0 atom stereocenters. The molecule has 23 heavy (non-hydrogen) atoms. The van der Waals surface area contributed by atoms with E-state index in [1.54, 1.807) is 26.8 Å². The predicted octanol–water partition coefficient (Wildman–Crippen LogP) is 4.79. The van der Waals surface area contributed by atoms with Gasteiger partial charge < -0.3 is 15.4 Å². The van der Waals surface area contributed by atoms with Crippen molar-refractivity contribution in [2.45, 2.75) is 39.0 Å². The number of nitrogens with one attached hydrogen (secondary N) is 2. The Hall–Kier alpha value is -1.44. The van der Waals surface area contributed by atoms with E-state index < -0.39 is 23.4 Å². The third-order valence-electron chi connectivity index (χ3n) is 2.58. The Balaban J connectivity index is 2.39. The summed E-state index contributed by atoms with van der Waals surface area (Å²) in [5.74, 6) is 0. The summed E-state index contributed by atoms with van der Waals surface area (Å²) in [6.45, 7) is 6.07. The SMILES string of the molecule is CC(C)(C)OC(=O)NCCCNc1cc(Br)cc(C(F)(F)F)c1. The Morgan fingerprint density at radius 3 is 2.39 bits per heavy atom. The first kappa shape index (κ1) is 19.6. The Morgan fingerprint density at radius 2 is 1.83 bits per heavy atom. The molecule has 0 radical (unpaired) electrons. The maximum atomic E-state index is 12.7. The van der Waals surface area contributed by atoms with Gasteiger partial charge in [0, 0.05) is 23.2 Å². The molecule has 0 bridgehead atoms. The molecule has 0 aliphatic heterocycles. The van der Waals surface area contributed by atoms with E-state index in [0.717, 1.165) is 12.1 Å². The number of rotatable bonds is 5. The first-order valence-electron chi connectivity index (χ1n) is 7.06. The molecule has 0 spiro atoms. The van der Waals surface area contributed by atoms with Crippen molar-refractivity contribution in [1.82, 2.24) is 5.32 Å². The molecular weight excluding hydrogens is 377 g/mol. The fourth-order valence-corrected chi connectivity index (χ4v) is 2.17. The highest BCUT2D eigenvalue weighted by Crippen LogP contribution is 2.33. The number of alkyl halides is 3. The van der Waals surface area contributed by atoms with Gasteiger partial charge in [0.1, 0.15) is 5.60 Å². The van der Waals surface area contributed by atoms with E-state index in [1.165, 1.54) is 0 Å². The standard InChI is InChI=1S/C15H20BrF3N2O2/c1-14(2,3)23-13(22)21-6-4-5-20-12-8-10(15(17,18)19)7-11(16)9-12/h7-9,20H,4-6H2,1-3H3,(H,21,22). The second-order valence-corrected chi connectivity index (χ2v) is 6.85. The number of amides is 1. The smallest absolute Gasteiger partial charge is 0.416 e. The number of halogens is 4. The van der Waals surface area contributed by atoms with E-state index in [2.05, 4.69) is 26.6 Å². The van der Waals surface area contributed by atoms with Crippen LogP contribution in [0.3, 0.4) is 0 Å². The summed E-state index contributed by atoms with van der Waals surface area (Å²) in [7, 11) is 0. The molecule has 0 fully saturated rings. The van der Waals surface area contributed by atoms with E-state index >= 15 is 0 Å². The molecule has 0 unspecified atom stereocenters. The molecular formula is C15H20BrF3N2O2. The number of hydrogen-bond donors (Lipinski definition) is 2. The molecule has 0 aliphatic rings. The summed E-state index contributed by atoms with van der Waals surface area (Å²) in [4.78, 5) is 11.4. The van der Waals surface area contributed by atoms with Crippen LogP contribution >= 0.6 is 15.9 Å². The maximum Gasteiger partial charge on any atom is 0.416 e. The van der Waals surface area contributed by atoms with Crippen LogP contribution in [0.5, 0.6) is 0 Å². The van der Waals surface area contributed by atoms with Gasteiger partial charge in [-0.2, -0.15) is 13.2 Å². The van der Waals surface area contributed by atoms with Crippen LogP contribution in [-0.4, -0.2) is 24.8 Å². The van der Waals surface area contributed by atoms with Crippen LogP contribution in [0.15, 0.2) is 22.7 Å². The van der Waals surface area contributed by atoms with Crippen molar-refractivity contribution in [1.29, 1.82) is 0 Å². The molecule has 0 aromatic heterocycles. The summed E-state index contributed by atoms with van der Waals surface area (Å²) in [6, 6.07) is 3.64. The van der Waals surface area contributed by atoms with Gasteiger partial charge >= 0.3 is 12.3 Å². The van der Waals surface area contributed by atoms with Crippen molar-refractivity contribution < 1.29 is 22.7 Å². The van der Waals surface area contributed by atoms with Crippen LogP contribution in [0.25, 0.3) is 0 Å². The molecule has 1 aromatic rings. The average Bonchev–Trinajstić information content (AvgIpc) is 2.34. The zero-order valence-corrected chi connectivity index (χ0v) is 14.8. The monoisotopic (exact) mass is 396 g/mol. The molecule has 2 N–H and O–H groups in total. The number of carbonyl (C=O) groups is 1. The average molecular weight is 397 g/mol. The van der Waals surface area contributed by atoms with Gasteiger partial charge in [0.2, 0.25) is 0 Å². The second kappa shape index (κ2) is 7.90. The fraction of sp³-hybridized carbons (Fsp3) is 0.533. The van der Waals surface area contributed by atoms with E-state index in [4.69, 9.17) is 4.74 Å². The number of benzene rings is 1. The Labute approximate surface area is 141 Å². The van der Waals surface area contributed by atoms with Gasteiger partial charge in [-0.3, -0.25) is 0 Å². The van der Waals surface area contributed by atoms with Gasteiger partial charge in [0.25, 0.3) is 0 Å². The molecule has 4 nitrogen and oxygen atoms in total. The first-order valence-corrected chi connectivity index (χ1v) is 7.85. The largest absolute Gasteiger partial charge is 0.444 e. The Bertz CT molecular complexity index is 543. The summed E-state index contributed by atoms with van der Waals surface area (Å²) in [6.07, 6.45) is -4.36. The molecule has 8 heteroatoms. The van der Waals surface area contributed by atoms with Crippen LogP contribution in [0.1, 0.15) is 32.8 Å². The van der Waals surface area contributed by atoms with Crippen molar-refractivity contribution in [3.05, 3.63) is 28.2 Å². The van der Waals surface area contributed by atoms with E-state index in [1.807, 2.05) is 0 Å². The molecule has 0 aliphatic carbocycles. The van der Waals surface area contributed by atoms with Crippen molar-refractivity contribution in [2.75, 3.05) is 18.4 Å². The lowest BCUT2D eigenvalue weighted by Crippen LogP contribution is -2.33. The van der Waals surface area contributed by atoms with Crippen LogP contribution in [0, 0.1) is 0 Å². The number of ether oxygens (including phenoxy) is 1. The van der Waals surface area contributed by atoms with Gasteiger partial charge in [-0.1, -0.05) is 15.9 Å². The first-order chi connectivity index (χ1) is 10.5. The van der Waals surface area contributed by atoms with Gasteiger partial charge in [-0.25, -0.2) is 4.79 Å². The van der Waals surface area contributed by atoms with Gasteiger partial charge in [0.15, 0.2) is 0 Å². The Kier molecular flexibility index (Phi) is 6.73. The minimum Gasteiger partial charge on any atom is -0.444 e. The van der Waals surface area contributed by atoms with E-state index in [0.29, 0.717) is 29.7 Å². The molecule has 0 saturated heterocycles. The van der Waals surface area contributed by atoms with Crippen molar-refractivity contribution in [3.63, 3.8) is 0 Å². The number of alkyl carbamates (subject to hydrolysis) is 1. The van der Waals surface area contributed by atoms with Crippen molar-refractivity contribution in [2.24, 2.45) is 0 Å². The topological polar surface area (TPSA) is 50.4 Å². The molecule has 130 valence electrons. The summed E-state index contributed by atoms with van der Waals surface area (Å²) in [5, 5.41) is 5.48. The van der Waals surface area contributed by atoms with Crippen molar-refractivity contribution >= 4 is 27.7 Å². The lowest BCUT2D eigenvalue weighted by atomic mass is 10.2. The van der Waals surface area contributed by atoms with E-state index in [9.17, 15) is 18.0 Å².